The molecule has 3 nitrogen and oxygen atoms in total. The number of nitrogens with zero attached hydrogens (tertiary/aromatic N) is 2. The normalized spacial score (nSPS) is 14.8. The predicted octanol–water partition coefficient (Wildman–Crippen LogP) is 2.53. The minimum absolute atomic E-state index is 0.0797. The van der Waals surface area contributed by atoms with Crippen LogP contribution in [-0.2, 0) is 0 Å². The van der Waals surface area contributed by atoms with Crippen LogP contribution >= 0.6 is 11.3 Å². The summed E-state index contributed by atoms with van der Waals surface area (Å²) in [6, 6.07) is 0.0797. The van der Waals surface area contributed by atoms with Crippen molar-refractivity contribution in [3.8, 4) is 0 Å². The van der Waals surface area contributed by atoms with Crippen LogP contribution in [0.2, 0.25) is 0 Å². The van der Waals surface area contributed by atoms with Gasteiger partial charge in [0.25, 0.3) is 0 Å². The third-order valence-corrected chi connectivity index (χ3v) is 3.01. The molecule has 0 aliphatic carbocycles. The summed E-state index contributed by atoms with van der Waals surface area (Å²) < 4.78 is 0. The Balaban J connectivity index is 2.76. The first kappa shape index (κ1) is 11.2. The van der Waals surface area contributed by atoms with Gasteiger partial charge in [-0.1, -0.05) is 13.8 Å². The van der Waals surface area contributed by atoms with E-state index < -0.39 is 0 Å². The molecule has 0 aliphatic heterocycles. The third kappa shape index (κ3) is 2.80. The van der Waals surface area contributed by atoms with E-state index in [1.165, 1.54) is 4.88 Å². The van der Waals surface area contributed by atoms with Gasteiger partial charge in [-0.2, -0.15) is 0 Å². The van der Waals surface area contributed by atoms with Gasteiger partial charge >= 0.3 is 0 Å². The Labute approximate surface area is 89.1 Å². The SMILES string of the molecule is Cc1cnc(C(C)N=C(N)C(C)C)s1. The van der Waals surface area contributed by atoms with Crippen molar-refractivity contribution in [2.24, 2.45) is 16.6 Å². The molecule has 14 heavy (non-hydrogen) atoms. The maximum absolute atomic E-state index is 5.79. The topological polar surface area (TPSA) is 51.3 Å². The number of aryl methyl sites for hydroxylation is 1. The van der Waals surface area contributed by atoms with Crippen LogP contribution in [0.1, 0.15) is 36.7 Å². The highest BCUT2D eigenvalue weighted by Crippen LogP contribution is 2.22. The standard InChI is InChI=1S/C10H17N3S/c1-6(2)9(11)13-8(4)10-12-5-7(3)14-10/h5-6,8H,1-4H3,(H2,11,13). The number of hydrogen-bond donors (Lipinski definition) is 1. The Morgan fingerprint density at radius 2 is 2.14 bits per heavy atom. The maximum atomic E-state index is 5.79. The number of nitrogens with two attached hydrogens (primary N) is 1. The van der Waals surface area contributed by atoms with Crippen LogP contribution in [0.4, 0.5) is 0 Å². The van der Waals surface area contributed by atoms with Crippen molar-refractivity contribution in [2.45, 2.75) is 33.7 Å². The molecule has 0 bridgehead atoms. The van der Waals surface area contributed by atoms with Crippen molar-refractivity contribution < 1.29 is 0 Å². The van der Waals surface area contributed by atoms with E-state index in [4.69, 9.17) is 5.73 Å². The molecule has 0 aliphatic rings. The van der Waals surface area contributed by atoms with Gasteiger partial charge in [-0.15, -0.1) is 11.3 Å². The van der Waals surface area contributed by atoms with E-state index in [9.17, 15) is 0 Å². The summed E-state index contributed by atoms with van der Waals surface area (Å²) in [5.74, 6) is 1.00. The molecule has 1 atom stereocenters. The molecule has 2 N–H and O–H groups in total. The third-order valence-electron chi connectivity index (χ3n) is 1.93. The first-order valence-electron chi connectivity index (χ1n) is 4.76. The molecule has 1 rings (SSSR count). The number of aromatic nitrogens is 1. The fourth-order valence-corrected chi connectivity index (χ4v) is 1.76. The van der Waals surface area contributed by atoms with Crippen molar-refractivity contribution in [2.75, 3.05) is 0 Å². The fraction of sp³-hybridized carbons (Fsp3) is 0.600. The van der Waals surface area contributed by atoms with Crippen LogP contribution in [0.25, 0.3) is 0 Å². The Hall–Kier alpha value is -0.900. The zero-order valence-electron chi connectivity index (χ0n) is 9.11. The van der Waals surface area contributed by atoms with Crippen molar-refractivity contribution in [3.63, 3.8) is 0 Å². The Bertz CT molecular complexity index is 328. The molecule has 1 aromatic rings. The van der Waals surface area contributed by atoms with E-state index in [0.717, 1.165) is 5.01 Å². The van der Waals surface area contributed by atoms with E-state index in [2.05, 4.69) is 9.98 Å². The Morgan fingerprint density at radius 3 is 2.57 bits per heavy atom. The molecule has 0 saturated carbocycles. The summed E-state index contributed by atoms with van der Waals surface area (Å²) in [6.45, 7) is 8.15. The van der Waals surface area contributed by atoms with E-state index in [1.807, 2.05) is 33.9 Å². The average molecular weight is 211 g/mol. The molecule has 0 radical (unpaired) electrons. The predicted molar refractivity (Wildman–Crippen MR) is 61.7 cm³/mol. The summed E-state index contributed by atoms with van der Waals surface area (Å²) in [6.07, 6.45) is 1.87. The lowest BCUT2D eigenvalue weighted by Crippen LogP contribution is -2.19. The lowest BCUT2D eigenvalue weighted by atomic mass is 10.2. The molecule has 1 aromatic heterocycles. The molecule has 0 spiro atoms. The summed E-state index contributed by atoms with van der Waals surface area (Å²) >= 11 is 1.68. The molecule has 1 unspecified atom stereocenters. The molecule has 0 amide bonds. The maximum Gasteiger partial charge on any atom is 0.117 e. The highest BCUT2D eigenvalue weighted by atomic mass is 32.1. The van der Waals surface area contributed by atoms with Crippen molar-refractivity contribution in [1.82, 2.24) is 4.98 Å². The number of hydrogen-bond acceptors (Lipinski definition) is 3. The number of thiazole rings is 1. The second-order valence-corrected chi connectivity index (χ2v) is 4.96. The van der Waals surface area contributed by atoms with Crippen LogP contribution in [0.5, 0.6) is 0 Å². The van der Waals surface area contributed by atoms with Gasteiger partial charge in [0.2, 0.25) is 0 Å². The number of aliphatic imine (C=N–C) groups is 1. The van der Waals surface area contributed by atoms with Gasteiger partial charge in [0.1, 0.15) is 11.0 Å². The van der Waals surface area contributed by atoms with Crippen LogP contribution in [0.15, 0.2) is 11.2 Å². The second-order valence-electron chi connectivity index (χ2n) is 3.69. The van der Waals surface area contributed by atoms with E-state index in [-0.39, 0.29) is 6.04 Å². The summed E-state index contributed by atoms with van der Waals surface area (Å²) in [7, 11) is 0. The molecule has 0 aromatic carbocycles. The second kappa shape index (κ2) is 4.55. The van der Waals surface area contributed by atoms with Gasteiger partial charge < -0.3 is 5.73 Å². The molecule has 78 valence electrons. The summed E-state index contributed by atoms with van der Waals surface area (Å²) in [5, 5.41) is 1.03. The van der Waals surface area contributed by atoms with E-state index in [0.29, 0.717) is 11.8 Å². The monoisotopic (exact) mass is 211 g/mol. The Morgan fingerprint density at radius 1 is 1.50 bits per heavy atom. The van der Waals surface area contributed by atoms with Gasteiger partial charge in [0, 0.05) is 17.0 Å². The number of amidine groups is 1. The molecule has 1 heterocycles. The highest BCUT2D eigenvalue weighted by Gasteiger charge is 2.09. The van der Waals surface area contributed by atoms with Crippen molar-refractivity contribution in [3.05, 3.63) is 16.1 Å². The average Bonchev–Trinajstić information content (AvgIpc) is 2.51. The van der Waals surface area contributed by atoms with Gasteiger partial charge in [0.15, 0.2) is 0 Å². The van der Waals surface area contributed by atoms with Crippen LogP contribution in [-0.4, -0.2) is 10.8 Å². The molecule has 0 fully saturated rings. The quantitative estimate of drug-likeness (QED) is 0.617. The van der Waals surface area contributed by atoms with E-state index in [1.54, 1.807) is 11.3 Å². The zero-order valence-corrected chi connectivity index (χ0v) is 9.93. The zero-order chi connectivity index (χ0) is 10.7. The summed E-state index contributed by atoms with van der Waals surface area (Å²) in [4.78, 5) is 9.90. The first-order chi connectivity index (χ1) is 6.50. The van der Waals surface area contributed by atoms with Crippen LogP contribution in [0, 0.1) is 12.8 Å². The van der Waals surface area contributed by atoms with Crippen LogP contribution < -0.4 is 5.73 Å². The first-order valence-corrected chi connectivity index (χ1v) is 5.58. The van der Waals surface area contributed by atoms with Gasteiger partial charge in [-0.25, -0.2) is 4.98 Å². The smallest absolute Gasteiger partial charge is 0.117 e. The molecular weight excluding hydrogens is 194 g/mol. The highest BCUT2D eigenvalue weighted by molar-refractivity contribution is 7.11. The Kier molecular flexibility index (Phi) is 3.63. The largest absolute Gasteiger partial charge is 0.387 e. The van der Waals surface area contributed by atoms with Gasteiger partial charge in [-0.3, -0.25) is 4.99 Å². The minimum Gasteiger partial charge on any atom is -0.387 e. The minimum atomic E-state index is 0.0797. The van der Waals surface area contributed by atoms with Gasteiger partial charge in [-0.05, 0) is 13.8 Å². The molecule has 4 heteroatoms. The van der Waals surface area contributed by atoms with Crippen molar-refractivity contribution in [1.29, 1.82) is 0 Å². The molecule has 0 saturated heterocycles. The van der Waals surface area contributed by atoms with Crippen LogP contribution in [0.3, 0.4) is 0 Å². The number of rotatable bonds is 3. The van der Waals surface area contributed by atoms with Crippen molar-refractivity contribution >= 4 is 17.2 Å². The molecular formula is C10H17N3S. The lowest BCUT2D eigenvalue weighted by Gasteiger charge is -2.07. The summed E-state index contributed by atoms with van der Waals surface area (Å²) in [5.41, 5.74) is 5.79. The van der Waals surface area contributed by atoms with Gasteiger partial charge in [0.05, 0.1) is 5.84 Å². The lowest BCUT2D eigenvalue weighted by molar-refractivity contribution is 0.773. The van der Waals surface area contributed by atoms with E-state index >= 15 is 0 Å². The fourth-order valence-electron chi connectivity index (χ4n) is 0.993.